The van der Waals surface area contributed by atoms with E-state index < -0.39 is 0 Å². The summed E-state index contributed by atoms with van der Waals surface area (Å²) in [7, 11) is 0. The molecule has 0 radical (unpaired) electrons. The minimum absolute atomic E-state index is 0.151. The number of nitrogens with one attached hydrogen (secondary N) is 1. The summed E-state index contributed by atoms with van der Waals surface area (Å²) in [5.74, 6) is 6.55. The van der Waals surface area contributed by atoms with Crippen LogP contribution in [0.15, 0.2) is 53.7 Å². The van der Waals surface area contributed by atoms with E-state index in [0.29, 0.717) is 21.6 Å². The molecule has 0 atom stereocenters. The number of hydrogen-bond acceptors (Lipinski definition) is 7. The second-order valence-corrected chi connectivity index (χ2v) is 7.99. The van der Waals surface area contributed by atoms with Crippen LogP contribution in [0.1, 0.15) is 0 Å². The fourth-order valence-electron chi connectivity index (χ4n) is 3.11. The zero-order valence-electron chi connectivity index (χ0n) is 16.1. The van der Waals surface area contributed by atoms with Gasteiger partial charge < -0.3 is 20.8 Å². The highest BCUT2D eigenvalue weighted by Gasteiger charge is 2.16. The summed E-state index contributed by atoms with van der Waals surface area (Å²) in [5.41, 5.74) is 2.54. The Balaban J connectivity index is 1.33. The molecule has 0 saturated carbocycles. The number of hydrogen-bond donors (Lipinski definition) is 2. The lowest BCUT2D eigenvalue weighted by Gasteiger charge is -2.28. The van der Waals surface area contributed by atoms with Crippen LogP contribution in [0.2, 0.25) is 5.02 Å². The highest BCUT2D eigenvalue weighted by atomic mass is 35.5. The van der Waals surface area contributed by atoms with Gasteiger partial charge in [0.05, 0.1) is 24.0 Å². The number of aromatic nitrogens is 3. The zero-order chi connectivity index (χ0) is 20.9. The predicted molar refractivity (Wildman–Crippen MR) is 119 cm³/mol. The summed E-state index contributed by atoms with van der Waals surface area (Å²) in [5, 5.41) is 12.0. The molecule has 0 unspecified atom stereocenters. The lowest BCUT2D eigenvalue weighted by Crippen LogP contribution is -2.36. The second-order valence-electron chi connectivity index (χ2n) is 6.64. The first-order chi connectivity index (χ1) is 14.6. The van der Waals surface area contributed by atoms with Crippen LogP contribution in [0.4, 0.5) is 11.4 Å². The van der Waals surface area contributed by atoms with Gasteiger partial charge in [0, 0.05) is 30.0 Å². The van der Waals surface area contributed by atoms with Crippen molar-refractivity contribution in [2.24, 2.45) is 0 Å². The van der Waals surface area contributed by atoms with Gasteiger partial charge in [0.2, 0.25) is 11.1 Å². The average molecular weight is 445 g/mol. The van der Waals surface area contributed by atoms with Crippen LogP contribution in [0, 0.1) is 0 Å². The molecule has 30 heavy (non-hydrogen) atoms. The Hall–Kier alpha value is -2.75. The molecule has 2 aromatic carbocycles. The molecule has 10 heteroatoms. The number of amides is 1. The highest BCUT2D eigenvalue weighted by Crippen LogP contribution is 2.27. The highest BCUT2D eigenvalue weighted by molar-refractivity contribution is 7.99. The predicted octanol–water partition coefficient (Wildman–Crippen LogP) is 2.88. The number of rotatable bonds is 6. The maximum absolute atomic E-state index is 12.3. The first-order valence-electron chi connectivity index (χ1n) is 9.42. The van der Waals surface area contributed by atoms with Gasteiger partial charge in [-0.25, -0.2) is 4.68 Å². The molecule has 1 aliphatic rings. The quantitative estimate of drug-likeness (QED) is 0.445. The van der Waals surface area contributed by atoms with E-state index in [9.17, 15) is 4.79 Å². The van der Waals surface area contributed by atoms with Crippen molar-refractivity contribution in [3.63, 3.8) is 0 Å². The first kappa shape index (κ1) is 20.5. The van der Waals surface area contributed by atoms with Crippen molar-refractivity contribution < 1.29 is 9.53 Å². The molecule has 3 aromatic rings. The van der Waals surface area contributed by atoms with Gasteiger partial charge in [0.25, 0.3) is 0 Å². The summed E-state index contributed by atoms with van der Waals surface area (Å²) >= 11 is 7.41. The first-order valence-corrected chi connectivity index (χ1v) is 10.8. The van der Waals surface area contributed by atoms with Crippen molar-refractivity contribution in [2.75, 3.05) is 48.1 Å². The third-order valence-corrected chi connectivity index (χ3v) is 5.91. The molecule has 1 amide bonds. The fraction of sp³-hybridized carbons (Fsp3) is 0.250. The van der Waals surface area contributed by atoms with Crippen LogP contribution >= 0.6 is 23.4 Å². The number of anilines is 2. The van der Waals surface area contributed by atoms with Crippen LogP contribution in [0.3, 0.4) is 0 Å². The molecule has 4 rings (SSSR count). The molecular formula is C20H21ClN6O2S. The van der Waals surface area contributed by atoms with Crippen molar-refractivity contribution in [3.05, 3.63) is 53.6 Å². The number of carbonyl (C=O) groups excluding carboxylic acids is 1. The van der Waals surface area contributed by atoms with Crippen molar-refractivity contribution in [1.29, 1.82) is 0 Å². The van der Waals surface area contributed by atoms with Gasteiger partial charge >= 0.3 is 0 Å². The van der Waals surface area contributed by atoms with Crippen molar-refractivity contribution >= 4 is 40.6 Å². The van der Waals surface area contributed by atoms with Gasteiger partial charge in [-0.05, 0) is 36.4 Å². The molecule has 156 valence electrons. The normalized spacial score (nSPS) is 14.0. The zero-order valence-corrected chi connectivity index (χ0v) is 17.7. The molecule has 1 aliphatic heterocycles. The Morgan fingerprint density at radius 2 is 1.87 bits per heavy atom. The SMILES string of the molecule is Nn1c(SCC(=O)Nc2ccc(N3CCOCC3)cc2)nnc1-c1ccccc1Cl. The molecule has 1 aromatic heterocycles. The lowest BCUT2D eigenvalue weighted by atomic mass is 10.2. The largest absolute Gasteiger partial charge is 0.378 e. The van der Waals surface area contributed by atoms with Crippen LogP contribution in [0.25, 0.3) is 11.4 Å². The molecule has 0 bridgehead atoms. The number of ether oxygens (including phenoxy) is 1. The van der Waals surface area contributed by atoms with E-state index in [1.165, 1.54) is 16.4 Å². The van der Waals surface area contributed by atoms with Gasteiger partial charge in [0.15, 0.2) is 5.82 Å². The van der Waals surface area contributed by atoms with Crippen LogP contribution in [-0.4, -0.2) is 52.8 Å². The third-order valence-electron chi connectivity index (χ3n) is 4.64. The molecular weight excluding hydrogens is 424 g/mol. The number of nitrogens with zero attached hydrogens (tertiary/aromatic N) is 4. The van der Waals surface area contributed by atoms with Crippen LogP contribution in [0.5, 0.6) is 0 Å². The molecule has 3 N–H and O–H groups in total. The molecule has 1 saturated heterocycles. The molecule has 1 fully saturated rings. The smallest absolute Gasteiger partial charge is 0.234 e. The Bertz CT molecular complexity index is 1020. The Morgan fingerprint density at radius 3 is 2.60 bits per heavy atom. The van der Waals surface area contributed by atoms with Gasteiger partial charge in [-0.1, -0.05) is 35.5 Å². The minimum atomic E-state index is -0.151. The second kappa shape index (κ2) is 9.38. The number of benzene rings is 2. The Kier molecular flexibility index (Phi) is 6.41. The van der Waals surface area contributed by atoms with E-state index >= 15 is 0 Å². The fourth-order valence-corrected chi connectivity index (χ4v) is 3.98. The number of nitrogen functional groups attached to an aromatic ring is 1. The summed E-state index contributed by atoms with van der Waals surface area (Å²) in [6, 6.07) is 15.0. The number of morpholine rings is 1. The summed E-state index contributed by atoms with van der Waals surface area (Å²) in [6.45, 7) is 3.22. The number of carbonyl (C=O) groups is 1. The van der Waals surface area contributed by atoms with E-state index in [4.69, 9.17) is 22.2 Å². The maximum atomic E-state index is 12.3. The molecule has 8 nitrogen and oxygen atoms in total. The molecule has 0 aliphatic carbocycles. The van der Waals surface area contributed by atoms with Crippen LogP contribution in [-0.2, 0) is 9.53 Å². The number of thioether (sulfide) groups is 1. The number of halogens is 1. The summed E-state index contributed by atoms with van der Waals surface area (Å²) in [6.07, 6.45) is 0. The standard InChI is InChI=1S/C20H21ClN6O2S/c21-17-4-2-1-3-16(17)19-24-25-20(27(19)22)30-13-18(28)23-14-5-7-15(8-6-14)26-9-11-29-12-10-26/h1-8H,9-13,22H2,(H,23,28). The summed E-state index contributed by atoms with van der Waals surface area (Å²) in [4.78, 5) is 14.6. The monoisotopic (exact) mass is 444 g/mol. The average Bonchev–Trinajstić information content (AvgIpc) is 3.14. The Labute approximate surface area is 183 Å². The van der Waals surface area contributed by atoms with E-state index in [2.05, 4.69) is 20.4 Å². The maximum Gasteiger partial charge on any atom is 0.234 e. The van der Waals surface area contributed by atoms with Gasteiger partial charge in [-0.3, -0.25) is 4.79 Å². The van der Waals surface area contributed by atoms with Crippen molar-refractivity contribution in [3.8, 4) is 11.4 Å². The molecule has 2 heterocycles. The van der Waals surface area contributed by atoms with Crippen molar-refractivity contribution in [1.82, 2.24) is 14.9 Å². The van der Waals surface area contributed by atoms with E-state index in [-0.39, 0.29) is 11.7 Å². The summed E-state index contributed by atoms with van der Waals surface area (Å²) < 4.78 is 6.72. The van der Waals surface area contributed by atoms with Gasteiger partial charge in [-0.15, -0.1) is 10.2 Å². The van der Waals surface area contributed by atoms with E-state index in [0.717, 1.165) is 37.7 Å². The van der Waals surface area contributed by atoms with Gasteiger partial charge in [-0.2, -0.15) is 0 Å². The lowest BCUT2D eigenvalue weighted by molar-refractivity contribution is -0.113. The number of nitrogens with two attached hydrogens (primary N) is 1. The third kappa shape index (κ3) is 4.69. The van der Waals surface area contributed by atoms with Crippen LogP contribution < -0.4 is 16.1 Å². The molecule has 0 spiro atoms. The Morgan fingerprint density at radius 1 is 1.13 bits per heavy atom. The van der Waals surface area contributed by atoms with E-state index in [1.807, 2.05) is 42.5 Å². The van der Waals surface area contributed by atoms with Gasteiger partial charge in [0.1, 0.15) is 0 Å². The topological polar surface area (TPSA) is 98.3 Å². The van der Waals surface area contributed by atoms with Crippen molar-refractivity contribution in [2.45, 2.75) is 5.16 Å². The van der Waals surface area contributed by atoms with E-state index in [1.54, 1.807) is 6.07 Å². The minimum Gasteiger partial charge on any atom is -0.378 e.